The molecule has 1 aromatic rings. The maximum atomic E-state index is 12.1. The number of rotatable bonds is 2. The lowest BCUT2D eigenvalue weighted by Gasteiger charge is -2.30. The molecule has 17 heavy (non-hydrogen) atoms. The van der Waals surface area contributed by atoms with Gasteiger partial charge in [-0.25, -0.2) is 0 Å². The monoisotopic (exact) mass is 231 g/mol. The van der Waals surface area contributed by atoms with E-state index in [1.165, 1.54) is 11.8 Å². The highest BCUT2D eigenvalue weighted by atomic mass is 16.2. The zero-order chi connectivity index (χ0) is 12.4. The molecule has 1 amide bonds. The standard InChI is InChI=1S/C13H13NO3/c1-9(15)12-11(16)7-8-14(13(12)17)10-5-3-2-4-6-10/h2-6,12H,7-8H2,1H3. The lowest BCUT2D eigenvalue weighted by molar-refractivity contribution is -0.140. The number of anilines is 1. The van der Waals surface area contributed by atoms with E-state index in [1.54, 1.807) is 12.1 Å². The van der Waals surface area contributed by atoms with Gasteiger partial charge in [-0.1, -0.05) is 18.2 Å². The largest absolute Gasteiger partial charge is 0.311 e. The fraction of sp³-hybridized carbons (Fsp3) is 0.308. The van der Waals surface area contributed by atoms with E-state index in [2.05, 4.69) is 0 Å². The molecule has 1 aromatic carbocycles. The van der Waals surface area contributed by atoms with Crippen molar-refractivity contribution in [1.29, 1.82) is 0 Å². The molecule has 0 bridgehead atoms. The number of benzene rings is 1. The van der Waals surface area contributed by atoms with Gasteiger partial charge in [0.15, 0.2) is 11.7 Å². The molecule has 0 saturated carbocycles. The first-order valence-electron chi connectivity index (χ1n) is 5.51. The molecule has 0 N–H and O–H groups in total. The van der Waals surface area contributed by atoms with Crippen LogP contribution in [0.2, 0.25) is 0 Å². The van der Waals surface area contributed by atoms with Crippen molar-refractivity contribution in [3.63, 3.8) is 0 Å². The molecule has 0 radical (unpaired) electrons. The Morgan fingerprint density at radius 2 is 1.88 bits per heavy atom. The Labute approximate surface area is 99.2 Å². The highest BCUT2D eigenvalue weighted by Gasteiger charge is 2.38. The summed E-state index contributed by atoms with van der Waals surface area (Å²) < 4.78 is 0. The summed E-state index contributed by atoms with van der Waals surface area (Å²) in [7, 11) is 0. The van der Waals surface area contributed by atoms with E-state index in [0.717, 1.165) is 5.69 Å². The lowest BCUT2D eigenvalue weighted by atomic mass is 9.92. The maximum Gasteiger partial charge on any atom is 0.245 e. The number of para-hydroxylation sites is 1. The molecule has 1 unspecified atom stereocenters. The molecular formula is C13H13NO3. The number of ketones is 2. The van der Waals surface area contributed by atoms with Crippen LogP contribution in [0.25, 0.3) is 0 Å². The third-order valence-corrected chi connectivity index (χ3v) is 2.89. The van der Waals surface area contributed by atoms with Gasteiger partial charge in [0.05, 0.1) is 0 Å². The molecule has 0 spiro atoms. The third-order valence-electron chi connectivity index (χ3n) is 2.89. The Morgan fingerprint density at radius 1 is 1.24 bits per heavy atom. The fourth-order valence-corrected chi connectivity index (χ4v) is 2.03. The van der Waals surface area contributed by atoms with Crippen molar-refractivity contribution in [2.75, 3.05) is 11.4 Å². The quantitative estimate of drug-likeness (QED) is 0.718. The summed E-state index contributed by atoms with van der Waals surface area (Å²) in [6.45, 7) is 1.64. The van der Waals surface area contributed by atoms with Crippen LogP contribution in [0.5, 0.6) is 0 Å². The number of amides is 1. The summed E-state index contributed by atoms with van der Waals surface area (Å²) in [5.74, 6) is -2.15. The Hall–Kier alpha value is -1.97. The van der Waals surface area contributed by atoms with Crippen LogP contribution in [-0.2, 0) is 14.4 Å². The van der Waals surface area contributed by atoms with Gasteiger partial charge < -0.3 is 4.90 Å². The number of piperidine rings is 1. The van der Waals surface area contributed by atoms with Gasteiger partial charge in [-0.2, -0.15) is 0 Å². The topological polar surface area (TPSA) is 54.5 Å². The molecular weight excluding hydrogens is 218 g/mol. The zero-order valence-corrected chi connectivity index (χ0v) is 9.55. The molecule has 2 rings (SSSR count). The SMILES string of the molecule is CC(=O)C1C(=O)CCN(c2ccccc2)C1=O. The molecule has 1 atom stereocenters. The van der Waals surface area contributed by atoms with Crippen molar-refractivity contribution in [3.8, 4) is 0 Å². The van der Waals surface area contributed by atoms with E-state index in [0.29, 0.717) is 6.54 Å². The first-order valence-corrected chi connectivity index (χ1v) is 5.51. The second-order valence-electron chi connectivity index (χ2n) is 4.09. The average Bonchev–Trinajstić information content (AvgIpc) is 2.30. The van der Waals surface area contributed by atoms with E-state index < -0.39 is 11.8 Å². The van der Waals surface area contributed by atoms with Crippen LogP contribution < -0.4 is 4.90 Å². The molecule has 0 aliphatic carbocycles. The van der Waals surface area contributed by atoms with E-state index in [4.69, 9.17) is 0 Å². The van der Waals surface area contributed by atoms with Crippen molar-refractivity contribution >= 4 is 23.2 Å². The second-order valence-corrected chi connectivity index (χ2v) is 4.09. The van der Waals surface area contributed by atoms with E-state index in [-0.39, 0.29) is 18.0 Å². The summed E-state index contributed by atoms with van der Waals surface area (Å²) in [5.41, 5.74) is 0.733. The summed E-state index contributed by atoms with van der Waals surface area (Å²) in [4.78, 5) is 36.5. The van der Waals surface area contributed by atoms with Crippen LogP contribution in [-0.4, -0.2) is 24.0 Å². The normalized spacial score (nSPS) is 20.5. The minimum atomic E-state index is -1.11. The minimum Gasteiger partial charge on any atom is -0.311 e. The van der Waals surface area contributed by atoms with Crippen LogP contribution >= 0.6 is 0 Å². The van der Waals surface area contributed by atoms with Crippen molar-refractivity contribution in [2.45, 2.75) is 13.3 Å². The number of hydrogen-bond donors (Lipinski definition) is 0. The number of hydrogen-bond acceptors (Lipinski definition) is 3. The van der Waals surface area contributed by atoms with Crippen LogP contribution in [0.3, 0.4) is 0 Å². The van der Waals surface area contributed by atoms with E-state index in [9.17, 15) is 14.4 Å². The average molecular weight is 231 g/mol. The van der Waals surface area contributed by atoms with Gasteiger partial charge in [-0.3, -0.25) is 14.4 Å². The molecule has 1 fully saturated rings. The van der Waals surface area contributed by atoms with Gasteiger partial charge >= 0.3 is 0 Å². The molecule has 4 heteroatoms. The summed E-state index contributed by atoms with van der Waals surface area (Å²) >= 11 is 0. The van der Waals surface area contributed by atoms with Gasteiger partial charge in [0.25, 0.3) is 0 Å². The Bertz CT molecular complexity index is 467. The van der Waals surface area contributed by atoms with E-state index >= 15 is 0 Å². The van der Waals surface area contributed by atoms with Crippen LogP contribution in [0.15, 0.2) is 30.3 Å². The van der Waals surface area contributed by atoms with Gasteiger partial charge in [-0.15, -0.1) is 0 Å². The smallest absolute Gasteiger partial charge is 0.245 e. The van der Waals surface area contributed by atoms with E-state index in [1.807, 2.05) is 18.2 Å². The second kappa shape index (κ2) is 4.49. The molecule has 1 heterocycles. The number of nitrogens with zero attached hydrogens (tertiary/aromatic N) is 1. The van der Waals surface area contributed by atoms with Crippen molar-refractivity contribution < 1.29 is 14.4 Å². The maximum absolute atomic E-state index is 12.1. The Morgan fingerprint density at radius 3 is 2.47 bits per heavy atom. The lowest BCUT2D eigenvalue weighted by Crippen LogP contribution is -2.48. The third kappa shape index (κ3) is 2.11. The zero-order valence-electron chi connectivity index (χ0n) is 9.55. The Balaban J connectivity index is 2.30. The predicted octanol–water partition coefficient (Wildman–Crippen LogP) is 1.20. The molecule has 1 aliphatic heterocycles. The van der Waals surface area contributed by atoms with Gasteiger partial charge in [0, 0.05) is 18.7 Å². The van der Waals surface area contributed by atoms with Gasteiger partial charge in [0.1, 0.15) is 5.78 Å². The molecule has 0 aromatic heterocycles. The number of Topliss-reactive ketones (excluding diaryl/α,β-unsaturated/α-hetero) is 2. The molecule has 1 aliphatic rings. The van der Waals surface area contributed by atoms with Crippen molar-refractivity contribution in [3.05, 3.63) is 30.3 Å². The summed E-state index contributed by atoms with van der Waals surface area (Å²) in [6.07, 6.45) is 0.241. The first kappa shape index (κ1) is 11.5. The van der Waals surface area contributed by atoms with Crippen molar-refractivity contribution in [1.82, 2.24) is 0 Å². The molecule has 4 nitrogen and oxygen atoms in total. The van der Waals surface area contributed by atoms with Crippen LogP contribution in [0, 0.1) is 5.92 Å². The first-order chi connectivity index (χ1) is 8.11. The van der Waals surface area contributed by atoms with Crippen LogP contribution in [0.4, 0.5) is 5.69 Å². The molecule has 88 valence electrons. The highest BCUT2D eigenvalue weighted by molar-refractivity contribution is 6.23. The van der Waals surface area contributed by atoms with Crippen molar-refractivity contribution in [2.24, 2.45) is 5.92 Å². The van der Waals surface area contributed by atoms with Gasteiger partial charge in [-0.05, 0) is 19.1 Å². The number of carbonyl (C=O) groups excluding carboxylic acids is 3. The highest BCUT2D eigenvalue weighted by Crippen LogP contribution is 2.22. The Kier molecular flexibility index (Phi) is 3.04. The minimum absolute atomic E-state index is 0.241. The summed E-state index contributed by atoms with van der Waals surface area (Å²) in [5, 5.41) is 0. The number of carbonyl (C=O) groups is 3. The van der Waals surface area contributed by atoms with Crippen LogP contribution in [0.1, 0.15) is 13.3 Å². The molecule has 1 saturated heterocycles. The van der Waals surface area contributed by atoms with Gasteiger partial charge in [0.2, 0.25) is 5.91 Å². The fourth-order valence-electron chi connectivity index (χ4n) is 2.03. The predicted molar refractivity (Wildman–Crippen MR) is 62.6 cm³/mol. The summed E-state index contributed by atoms with van der Waals surface area (Å²) in [6, 6.07) is 9.09.